The molecule has 0 fully saturated rings. The van der Waals surface area contributed by atoms with Gasteiger partial charge in [-0.3, -0.25) is 0 Å². The lowest BCUT2D eigenvalue weighted by Gasteiger charge is -2.08. The van der Waals surface area contributed by atoms with Gasteiger partial charge in [-0.15, -0.1) is 0 Å². The van der Waals surface area contributed by atoms with Crippen LogP contribution in [-0.4, -0.2) is 26.6 Å². The molecule has 0 aliphatic carbocycles. The van der Waals surface area contributed by atoms with Gasteiger partial charge in [-0.1, -0.05) is 0 Å². The van der Waals surface area contributed by atoms with Gasteiger partial charge >= 0.3 is 0 Å². The zero-order valence-electron chi connectivity index (χ0n) is 9.61. The average molecular weight is 297 g/mol. The van der Waals surface area contributed by atoms with E-state index in [0.29, 0.717) is 12.5 Å². The summed E-state index contributed by atoms with van der Waals surface area (Å²) in [5.74, 6) is 2.27. The van der Waals surface area contributed by atoms with Crippen LogP contribution in [0.25, 0.3) is 0 Å². The highest BCUT2D eigenvalue weighted by Gasteiger charge is 2.05. The van der Waals surface area contributed by atoms with Gasteiger partial charge in [0.05, 0.1) is 11.0 Å². The van der Waals surface area contributed by atoms with Crippen molar-refractivity contribution in [3.63, 3.8) is 0 Å². The fourth-order valence-electron chi connectivity index (χ4n) is 1.34. The zero-order chi connectivity index (χ0) is 12.3. The van der Waals surface area contributed by atoms with Gasteiger partial charge < -0.3 is 15.2 Å². The number of anilines is 2. The van der Waals surface area contributed by atoms with Gasteiger partial charge in [-0.25, -0.2) is 9.97 Å². The van der Waals surface area contributed by atoms with Crippen LogP contribution < -0.4 is 10.6 Å². The van der Waals surface area contributed by atoms with Crippen molar-refractivity contribution in [3.8, 4) is 0 Å². The van der Waals surface area contributed by atoms with Crippen molar-refractivity contribution in [2.75, 3.05) is 17.7 Å². The highest BCUT2D eigenvalue weighted by molar-refractivity contribution is 9.10. The zero-order valence-corrected chi connectivity index (χ0v) is 11.2. The molecule has 0 amide bonds. The number of imidazole rings is 1. The Morgan fingerprint density at radius 1 is 1.41 bits per heavy atom. The number of aromatic nitrogens is 4. The van der Waals surface area contributed by atoms with Crippen molar-refractivity contribution in [1.82, 2.24) is 19.5 Å². The van der Waals surface area contributed by atoms with E-state index < -0.39 is 0 Å². The van der Waals surface area contributed by atoms with Gasteiger partial charge in [0.1, 0.15) is 11.6 Å². The summed E-state index contributed by atoms with van der Waals surface area (Å²) in [6, 6.07) is 0. The highest BCUT2D eigenvalue weighted by atomic mass is 79.9. The molecular weight excluding hydrogens is 284 g/mol. The first kappa shape index (κ1) is 11.8. The van der Waals surface area contributed by atoms with Crippen LogP contribution in [0.15, 0.2) is 23.1 Å². The largest absolute Gasteiger partial charge is 0.362 e. The summed E-state index contributed by atoms with van der Waals surface area (Å²) in [5.41, 5.74) is 0. The molecule has 17 heavy (non-hydrogen) atoms. The minimum atomic E-state index is 0.579. The van der Waals surface area contributed by atoms with Gasteiger partial charge in [-0.2, -0.15) is 4.98 Å². The third-order valence-electron chi connectivity index (χ3n) is 2.30. The molecule has 0 aromatic carbocycles. The normalized spacial score (nSPS) is 10.3. The second-order valence-corrected chi connectivity index (χ2v) is 4.30. The van der Waals surface area contributed by atoms with Crippen molar-refractivity contribution in [3.05, 3.63) is 28.9 Å². The lowest BCUT2D eigenvalue weighted by molar-refractivity contribution is 0.810. The Bertz CT molecular complexity index is 509. The lowest BCUT2D eigenvalue weighted by Crippen LogP contribution is -2.08. The molecular formula is C10H13BrN6. The third-order valence-corrected chi connectivity index (χ3v) is 2.88. The van der Waals surface area contributed by atoms with Gasteiger partial charge in [0.2, 0.25) is 5.95 Å². The summed E-state index contributed by atoms with van der Waals surface area (Å²) in [6.07, 6.45) is 5.38. The molecule has 0 radical (unpaired) electrons. The van der Waals surface area contributed by atoms with E-state index in [1.165, 1.54) is 0 Å². The van der Waals surface area contributed by atoms with E-state index in [1.807, 2.05) is 17.8 Å². The molecule has 0 saturated carbocycles. The molecule has 0 bridgehead atoms. The lowest BCUT2D eigenvalue weighted by atomic mass is 10.5. The Morgan fingerprint density at radius 3 is 2.88 bits per heavy atom. The predicted molar refractivity (Wildman–Crippen MR) is 69.8 cm³/mol. The maximum absolute atomic E-state index is 4.30. The van der Waals surface area contributed by atoms with Crippen LogP contribution in [-0.2, 0) is 13.6 Å². The molecule has 2 aromatic rings. The second-order valence-electron chi connectivity index (χ2n) is 3.45. The Labute approximate surface area is 108 Å². The second kappa shape index (κ2) is 5.13. The molecule has 2 rings (SSSR count). The van der Waals surface area contributed by atoms with Crippen LogP contribution in [0.3, 0.4) is 0 Å². The smallest absolute Gasteiger partial charge is 0.224 e. The minimum absolute atomic E-state index is 0.579. The molecule has 0 saturated heterocycles. The van der Waals surface area contributed by atoms with Crippen LogP contribution in [0.2, 0.25) is 0 Å². The summed E-state index contributed by atoms with van der Waals surface area (Å²) in [7, 11) is 3.74. The van der Waals surface area contributed by atoms with Crippen molar-refractivity contribution in [1.29, 1.82) is 0 Å². The molecule has 0 aliphatic heterocycles. The monoisotopic (exact) mass is 296 g/mol. The topological polar surface area (TPSA) is 67.7 Å². The third kappa shape index (κ3) is 2.73. The Hall–Kier alpha value is -1.63. The maximum atomic E-state index is 4.30. The number of rotatable bonds is 4. The van der Waals surface area contributed by atoms with E-state index in [0.717, 1.165) is 16.1 Å². The summed E-state index contributed by atoms with van der Waals surface area (Å²) >= 11 is 3.40. The summed E-state index contributed by atoms with van der Waals surface area (Å²) in [4.78, 5) is 12.6. The predicted octanol–water partition coefficient (Wildman–Crippen LogP) is 1.63. The van der Waals surface area contributed by atoms with E-state index in [-0.39, 0.29) is 0 Å². The van der Waals surface area contributed by atoms with E-state index >= 15 is 0 Å². The molecule has 7 heteroatoms. The van der Waals surface area contributed by atoms with Crippen molar-refractivity contribution < 1.29 is 0 Å². The molecule has 0 aliphatic rings. The number of halogens is 1. The minimum Gasteiger partial charge on any atom is -0.362 e. The Kier molecular flexibility index (Phi) is 3.58. The van der Waals surface area contributed by atoms with Crippen LogP contribution in [0.4, 0.5) is 11.8 Å². The number of nitrogens with one attached hydrogen (secondary N) is 2. The molecule has 90 valence electrons. The van der Waals surface area contributed by atoms with E-state index in [4.69, 9.17) is 0 Å². The Morgan fingerprint density at radius 2 is 2.24 bits per heavy atom. The number of hydrogen-bond acceptors (Lipinski definition) is 5. The van der Waals surface area contributed by atoms with Gasteiger partial charge in [0, 0.05) is 32.7 Å². The molecule has 2 N–H and O–H groups in total. The van der Waals surface area contributed by atoms with Crippen LogP contribution in [0.5, 0.6) is 0 Å². The molecule has 0 atom stereocenters. The first-order valence-electron chi connectivity index (χ1n) is 5.11. The van der Waals surface area contributed by atoms with Gasteiger partial charge in [-0.05, 0) is 15.9 Å². The van der Waals surface area contributed by atoms with Crippen LogP contribution in [0, 0.1) is 0 Å². The molecule has 2 heterocycles. The van der Waals surface area contributed by atoms with Crippen molar-refractivity contribution in [2.24, 2.45) is 7.05 Å². The number of nitrogens with zero attached hydrogens (tertiary/aromatic N) is 4. The summed E-state index contributed by atoms with van der Waals surface area (Å²) in [5, 5.41) is 6.10. The fourth-order valence-corrected chi connectivity index (χ4v) is 1.67. The average Bonchev–Trinajstić information content (AvgIpc) is 2.74. The quantitative estimate of drug-likeness (QED) is 0.897. The summed E-state index contributed by atoms with van der Waals surface area (Å²) in [6.45, 7) is 0.613. The number of aryl methyl sites for hydroxylation is 1. The molecule has 2 aromatic heterocycles. The van der Waals surface area contributed by atoms with Gasteiger partial charge in [0.15, 0.2) is 0 Å². The molecule has 0 spiro atoms. The summed E-state index contributed by atoms with van der Waals surface area (Å²) < 4.78 is 2.78. The van der Waals surface area contributed by atoms with E-state index in [1.54, 1.807) is 19.4 Å². The van der Waals surface area contributed by atoms with E-state index in [2.05, 4.69) is 41.5 Å². The maximum Gasteiger partial charge on any atom is 0.224 e. The first-order valence-corrected chi connectivity index (χ1v) is 5.90. The first-order chi connectivity index (χ1) is 8.20. The molecule has 6 nitrogen and oxygen atoms in total. The fraction of sp³-hybridized carbons (Fsp3) is 0.300. The van der Waals surface area contributed by atoms with Crippen molar-refractivity contribution >= 4 is 27.7 Å². The SMILES string of the molecule is CNc1ncc(Br)c(NCc2nccn2C)n1. The Balaban J connectivity index is 2.11. The molecule has 0 unspecified atom stereocenters. The van der Waals surface area contributed by atoms with E-state index in [9.17, 15) is 0 Å². The van der Waals surface area contributed by atoms with Crippen LogP contribution >= 0.6 is 15.9 Å². The number of hydrogen-bond donors (Lipinski definition) is 2. The van der Waals surface area contributed by atoms with Crippen LogP contribution in [0.1, 0.15) is 5.82 Å². The standard InChI is InChI=1S/C10H13BrN6/c1-12-10-15-5-7(11)9(16-10)14-6-8-13-3-4-17(8)2/h3-5H,6H2,1-2H3,(H2,12,14,15,16). The van der Waals surface area contributed by atoms with Gasteiger partial charge in [0.25, 0.3) is 0 Å². The highest BCUT2D eigenvalue weighted by Crippen LogP contribution is 2.20. The van der Waals surface area contributed by atoms with Crippen molar-refractivity contribution in [2.45, 2.75) is 6.54 Å².